The van der Waals surface area contributed by atoms with Gasteiger partial charge in [-0.2, -0.15) is 0 Å². The average molecular weight is 364 g/mol. The summed E-state index contributed by atoms with van der Waals surface area (Å²) in [5.41, 5.74) is -4.78. The molecule has 0 spiro atoms. The van der Waals surface area contributed by atoms with Gasteiger partial charge < -0.3 is 15.3 Å². The normalized spacial score (nSPS) is 59.7. The second-order valence-corrected chi connectivity index (χ2v) is 8.43. The Labute approximate surface area is 159 Å². The van der Waals surface area contributed by atoms with Crippen LogP contribution in [0.2, 0.25) is 0 Å². The van der Waals surface area contributed by atoms with Crippen molar-refractivity contribution in [3.63, 3.8) is 0 Å². The quantitative estimate of drug-likeness (QED) is 0.691. The lowest BCUT2D eigenvalue weighted by atomic mass is 9.46. The van der Waals surface area contributed by atoms with E-state index in [1.807, 2.05) is 0 Å². The highest BCUT2D eigenvalue weighted by Gasteiger charge is 2.67. The molecule has 3 N–H and O–H groups in total. The first-order valence-electron chi connectivity index (χ1n) is 11.2. The van der Waals surface area contributed by atoms with Gasteiger partial charge in [0.25, 0.3) is 0 Å². The van der Waals surface area contributed by atoms with Gasteiger partial charge in [-0.15, -0.1) is 0 Å². The van der Waals surface area contributed by atoms with Gasteiger partial charge in [-0.25, -0.2) is 0 Å². The fourth-order valence-corrected chi connectivity index (χ4v) is 5.88. The molecule has 0 bridgehead atoms. The molecule has 0 aliphatic heterocycles. The smallest absolute Gasteiger partial charge is 0.190 e. The van der Waals surface area contributed by atoms with Crippen molar-refractivity contribution in [2.75, 3.05) is 6.61 Å². The summed E-state index contributed by atoms with van der Waals surface area (Å²) in [6, 6.07) is 0. The summed E-state index contributed by atoms with van der Waals surface area (Å²) in [5, 5.41) is 32.3. The SMILES string of the molecule is [2H]C1([2H])[C@]([2H])(O)[C@@]2([2H])C(CCC3=CC(=O)C=C[C@@]32C)[C@@H]2CC[C@](O)(C(=O)CO)[C@]21C. The molecule has 3 saturated carbocycles. The van der Waals surface area contributed by atoms with Gasteiger partial charge in [-0.3, -0.25) is 9.59 Å². The summed E-state index contributed by atoms with van der Waals surface area (Å²) in [4.78, 5) is 24.5. The molecule has 7 atom stereocenters. The van der Waals surface area contributed by atoms with E-state index in [-0.39, 0.29) is 18.6 Å². The van der Waals surface area contributed by atoms with E-state index in [4.69, 9.17) is 4.11 Å². The lowest BCUT2D eigenvalue weighted by Gasteiger charge is -2.59. The zero-order valence-corrected chi connectivity index (χ0v) is 15.1. The molecule has 0 aromatic rings. The number of rotatable bonds is 2. The Kier molecular flexibility index (Phi) is 2.97. The Balaban J connectivity index is 1.98. The molecule has 5 heteroatoms. The van der Waals surface area contributed by atoms with Crippen LogP contribution in [0.4, 0.5) is 0 Å². The maximum Gasteiger partial charge on any atom is 0.190 e. The maximum absolute atomic E-state index is 12.5. The fourth-order valence-electron chi connectivity index (χ4n) is 5.88. The molecule has 0 radical (unpaired) electrons. The molecule has 142 valence electrons. The van der Waals surface area contributed by atoms with Gasteiger partial charge in [0, 0.05) is 20.8 Å². The highest BCUT2D eigenvalue weighted by atomic mass is 16.3. The minimum absolute atomic E-state index is 0.108. The van der Waals surface area contributed by atoms with E-state index >= 15 is 0 Å². The van der Waals surface area contributed by atoms with Crippen LogP contribution in [0.1, 0.15) is 51.4 Å². The van der Waals surface area contributed by atoms with E-state index in [1.54, 1.807) is 6.92 Å². The van der Waals surface area contributed by atoms with Crippen LogP contribution in [-0.2, 0) is 9.59 Å². The molecule has 4 aliphatic rings. The number of ketones is 2. The van der Waals surface area contributed by atoms with Crippen LogP contribution >= 0.6 is 0 Å². The van der Waals surface area contributed by atoms with E-state index < -0.39 is 59.0 Å². The molecule has 26 heavy (non-hydrogen) atoms. The predicted octanol–water partition coefficient (Wildman–Crippen LogP) is 1.56. The number of carbonyl (C=O) groups excluding carboxylic acids is 2. The van der Waals surface area contributed by atoms with Gasteiger partial charge in [0.1, 0.15) is 12.2 Å². The molecule has 4 aliphatic carbocycles. The first-order chi connectivity index (χ1) is 13.7. The van der Waals surface area contributed by atoms with Crippen molar-refractivity contribution in [3.05, 3.63) is 23.8 Å². The predicted molar refractivity (Wildman–Crippen MR) is 95.0 cm³/mol. The standard InChI is InChI=1S/C21H28O5/c1-19-7-5-13(23)9-12(19)3-4-14-15-6-8-21(26,17(25)11-22)20(15,2)10-16(24)18(14)19/h5,7,9,14-16,18,22,24,26H,3-4,6,8,10-11H2,1-2H3/t14?,15-,16-,18+,19-,20-,21-/m0/s1/i10D2,16D,18D. The third-order valence-electron chi connectivity index (χ3n) is 7.36. The minimum atomic E-state index is -3.01. The van der Waals surface area contributed by atoms with E-state index in [9.17, 15) is 26.3 Å². The molecule has 5 nitrogen and oxygen atoms in total. The molecule has 0 aromatic carbocycles. The number of aliphatic hydroxyl groups is 3. The first-order valence-corrected chi connectivity index (χ1v) is 9.20. The van der Waals surface area contributed by atoms with Gasteiger partial charge >= 0.3 is 0 Å². The van der Waals surface area contributed by atoms with E-state index in [0.29, 0.717) is 18.4 Å². The monoisotopic (exact) mass is 364 g/mol. The number of carbonyl (C=O) groups is 2. The lowest BCUT2D eigenvalue weighted by molar-refractivity contribution is -0.178. The number of hydrogen-bond donors (Lipinski definition) is 3. The number of allylic oxidation sites excluding steroid dienone is 4. The van der Waals surface area contributed by atoms with Gasteiger partial charge in [0.05, 0.1) is 7.45 Å². The van der Waals surface area contributed by atoms with Crippen LogP contribution < -0.4 is 0 Å². The highest BCUT2D eigenvalue weighted by molar-refractivity contribution is 6.01. The number of aliphatic hydroxyl groups excluding tert-OH is 1. The van der Waals surface area contributed by atoms with Crippen molar-refractivity contribution in [2.45, 2.75) is 57.6 Å². The van der Waals surface area contributed by atoms with Crippen molar-refractivity contribution in [1.29, 1.82) is 0 Å². The summed E-state index contributed by atoms with van der Waals surface area (Å²) >= 11 is 0. The lowest BCUT2D eigenvalue weighted by Crippen LogP contribution is -2.61. The molecule has 1 unspecified atom stereocenters. The Morgan fingerprint density at radius 3 is 2.85 bits per heavy atom. The summed E-state index contributed by atoms with van der Waals surface area (Å²) < 4.78 is 36.0. The minimum Gasteiger partial charge on any atom is -0.393 e. The molecular formula is C21H28O5. The Morgan fingerprint density at radius 2 is 2.15 bits per heavy atom. The van der Waals surface area contributed by atoms with Crippen molar-refractivity contribution < 1.29 is 30.4 Å². The Morgan fingerprint density at radius 1 is 1.42 bits per heavy atom. The molecule has 0 heterocycles. The Bertz CT molecular complexity index is 898. The number of fused-ring (bicyclic) bond motifs is 5. The summed E-state index contributed by atoms with van der Waals surface area (Å²) in [7, 11) is 0. The fraction of sp³-hybridized carbons (Fsp3) is 0.714. The van der Waals surface area contributed by atoms with E-state index in [1.165, 1.54) is 25.2 Å². The van der Waals surface area contributed by atoms with Gasteiger partial charge in [0.2, 0.25) is 0 Å². The van der Waals surface area contributed by atoms with Crippen LogP contribution in [0.25, 0.3) is 0 Å². The molecule has 3 fully saturated rings. The van der Waals surface area contributed by atoms with Crippen molar-refractivity contribution in [1.82, 2.24) is 0 Å². The third kappa shape index (κ3) is 2.08. The molecule has 0 saturated heterocycles. The number of Topliss-reactive ketones (excluding diaryl/α,β-unsaturated/α-hetero) is 1. The van der Waals surface area contributed by atoms with Crippen LogP contribution in [0.5, 0.6) is 0 Å². The molecular weight excluding hydrogens is 332 g/mol. The second-order valence-electron chi connectivity index (χ2n) is 8.43. The van der Waals surface area contributed by atoms with Gasteiger partial charge in [-0.05, 0) is 56.0 Å². The van der Waals surface area contributed by atoms with Crippen LogP contribution in [0.15, 0.2) is 23.8 Å². The van der Waals surface area contributed by atoms with Gasteiger partial charge in [-0.1, -0.05) is 25.5 Å². The number of hydrogen-bond acceptors (Lipinski definition) is 5. The zero-order chi connectivity index (χ0) is 22.5. The van der Waals surface area contributed by atoms with Crippen LogP contribution in [-0.4, -0.2) is 45.2 Å². The zero-order valence-electron chi connectivity index (χ0n) is 19.1. The van der Waals surface area contributed by atoms with Gasteiger partial charge in [0.15, 0.2) is 11.6 Å². The van der Waals surface area contributed by atoms with E-state index in [2.05, 4.69) is 0 Å². The van der Waals surface area contributed by atoms with Crippen molar-refractivity contribution >= 4 is 11.6 Å². The third-order valence-corrected chi connectivity index (χ3v) is 7.36. The van der Waals surface area contributed by atoms with Crippen molar-refractivity contribution in [2.24, 2.45) is 28.6 Å². The molecule has 4 rings (SSSR count). The average Bonchev–Trinajstić information content (AvgIpc) is 2.96. The van der Waals surface area contributed by atoms with E-state index in [0.717, 1.165) is 0 Å². The topological polar surface area (TPSA) is 94.8 Å². The molecule has 0 amide bonds. The Hall–Kier alpha value is -1.30. The maximum atomic E-state index is 12.5. The summed E-state index contributed by atoms with van der Waals surface area (Å²) in [5.74, 6) is -4.60. The first kappa shape index (κ1) is 13.8. The molecule has 0 aromatic heterocycles. The summed E-state index contributed by atoms with van der Waals surface area (Å²) in [6.07, 6.45) is -0.775. The van der Waals surface area contributed by atoms with Crippen LogP contribution in [0.3, 0.4) is 0 Å². The van der Waals surface area contributed by atoms with Crippen LogP contribution in [0, 0.1) is 28.6 Å². The summed E-state index contributed by atoms with van der Waals surface area (Å²) in [6.45, 7) is 2.04. The van der Waals surface area contributed by atoms with Crippen molar-refractivity contribution in [3.8, 4) is 0 Å². The largest absolute Gasteiger partial charge is 0.393 e. The highest BCUT2D eigenvalue weighted by Crippen LogP contribution is 2.67. The second kappa shape index (κ2) is 5.60.